The van der Waals surface area contributed by atoms with Crippen LogP contribution in [0.15, 0.2) is 73.1 Å². The van der Waals surface area contributed by atoms with E-state index in [0.717, 1.165) is 5.56 Å². The number of pyridine rings is 1. The van der Waals surface area contributed by atoms with E-state index in [0.29, 0.717) is 19.3 Å². The molecule has 4 aliphatic carbocycles. The molecule has 3 saturated carbocycles. The second-order valence-corrected chi connectivity index (χ2v) is 25.8. The van der Waals surface area contributed by atoms with Crippen LogP contribution in [0, 0.1) is 16.7 Å². The normalized spacial score (nSPS) is 46.7. The molecule has 484 valence electrons. The van der Waals surface area contributed by atoms with Crippen LogP contribution >= 0.6 is 0 Å². The topological polar surface area (TPSA) is 298 Å². The summed E-state index contributed by atoms with van der Waals surface area (Å²) in [4.78, 5) is 31.5. The van der Waals surface area contributed by atoms with Gasteiger partial charge in [0.25, 0.3) is 0 Å². The summed E-state index contributed by atoms with van der Waals surface area (Å²) in [6, 6.07) is 12.3. The van der Waals surface area contributed by atoms with Crippen LogP contribution < -0.4 is 0 Å². The smallest absolute Gasteiger partial charge is 0.340 e. The van der Waals surface area contributed by atoms with E-state index in [4.69, 9.17) is 66.3 Å². The van der Waals surface area contributed by atoms with Crippen molar-refractivity contribution < 1.29 is 107 Å². The summed E-state index contributed by atoms with van der Waals surface area (Å²) in [5, 5.41) is 74.2. The molecular weight excluding hydrogens is 1130 g/mol. The van der Waals surface area contributed by atoms with Gasteiger partial charge in [0, 0.05) is 83.9 Å². The number of nitrogens with zero attached hydrogens (tertiary/aromatic N) is 1. The predicted molar refractivity (Wildman–Crippen MR) is 307 cm³/mol. The molecule has 1 aromatic carbocycles. The standard InChI is InChI=1S/C64H91NO22/c1-34-51(67)56(77-11)52(68)58(81-34)87-55-37(4)80-50(30-44(55)76-10)86-54-36(3)79-49(29-43(54)75-9)85-53-35(2)78-48(28-42(53)74-8)83-41-21-22-59(6)45-31-46(84-47(66)20-19-39-16-13-12-14-17-39)60(7)62(71,38(5)82-57(69)40-18-15-27-65-33-40)25-26-64(60,73)63(45,72)24-23-61(59,70)32-41/h12-20,23-24,27,33-38,41-46,48-56,58,67-68,70-73H,21-22,25-26,28-32H2,1-11H3/b20-19+/t34-,35-,36-,37-,38+,41+,42+,43+,44-,45-,46-,48+,49+,50+,51-,52-,53-,54-,55-,56+,58+,59-,60-,61-,62+,63+,64-/m1/s1. The van der Waals surface area contributed by atoms with Crippen molar-refractivity contribution in [2.24, 2.45) is 16.7 Å². The third kappa shape index (κ3) is 11.9. The summed E-state index contributed by atoms with van der Waals surface area (Å²) in [7, 11) is 6.16. The van der Waals surface area contributed by atoms with Gasteiger partial charge in [0.2, 0.25) is 0 Å². The molecule has 10 rings (SSSR count). The van der Waals surface area contributed by atoms with Crippen LogP contribution in [-0.4, -0.2) is 221 Å². The number of hydrogen-bond donors (Lipinski definition) is 6. The number of carbonyl (C=O) groups is 2. The van der Waals surface area contributed by atoms with Crippen molar-refractivity contribution >= 4 is 18.0 Å². The molecule has 0 radical (unpaired) electrons. The Labute approximate surface area is 508 Å². The maximum Gasteiger partial charge on any atom is 0.340 e. The lowest BCUT2D eigenvalue weighted by atomic mass is 9.41. The Morgan fingerprint density at radius 1 is 0.667 bits per heavy atom. The summed E-state index contributed by atoms with van der Waals surface area (Å²) < 4.78 is 87.1. The molecule has 27 atom stereocenters. The molecular formula is C64H91NO22. The zero-order valence-electron chi connectivity index (χ0n) is 51.7. The number of aliphatic hydroxyl groups excluding tert-OH is 2. The highest BCUT2D eigenvalue weighted by Crippen LogP contribution is 2.72. The lowest BCUT2D eigenvalue weighted by Gasteiger charge is -2.68. The van der Waals surface area contributed by atoms with E-state index in [9.17, 15) is 40.2 Å². The SMILES string of the molecule is CO[C@@H]1[C@@H](O)[C@H](O[C@@H]2[C@@H](C)O[C@@H](O[C@H]3[C@@H](OC)C[C@H](O[C@H]4[C@@H](OC)C[C@H](O[C@H]5CC[C@]6(C)[C@H]7C[C@@H](OC(=O)/C=C/c8ccccc8)[C@@]8(C)[C@](O)(CC[C@]8(O)[C@H](C)OC(=O)c8cccnc8)[C@]7(O)C=C[C@@]6(O)C5)O[C@@H]4C)O[C@@H]3C)C[C@H]2OC)O[C@H](C)[C@H]1O. The van der Waals surface area contributed by atoms with Gasteiger partial charge in [-0.25, -0.2) is 9.59 Å². The minimum absolute atomic E-state index is 0.0871. The van der Waals surface area contributed by atoms with Crippen LogP contribution in [-0.2, 0) is 71.1 Å². The summed E-state index contributed by atoms with van der Waals surface area (Å²) in [5.74, 6) is -2.44. The average molecular weight is 1230 g/mol. The zero-order chi connectivity index (χ0) is 62.6. The zero-order valence-corrected chi connectivity index (χ0v) is 51.7. The third-order valence-electron chi connectivity index (χ3n) is 21.2. The fourth-order valence-corrected chi connectivity index (χ4v) is 16.0. The molecule has 4 saturated heterocycles. The highest BCUT2D eigenvalue weighted by molar-refractivity contribution is 5.89. The number of aliphatic hydroxyl groups is 6. The molecule has 2 aromatic rings. The predicted octanol–water partition coefficient (Wildman–Crippen LogP) is 4.23. The van der Waals surface area contributed by atoms with Gasteiger partial charge in [0.15, 0.2) is 25.2 Å². The van der Waals surface area contributed by atoms with Gasteiger partial charge in [-0.05, 0) is 90.5 Å². The first kappa shape index (κ1) is 66.0. The maximum absolute atomic E-state index is 14.0. The third-order valence-corrected chi connectivity index (χ3v) is 21.2. The van der Waals surface area contributed by atoms with Crippen molar-refractivity contribution in [3.63, 3.8) is 0 Å². The van der Waals surface area contributed by atoms with E-state index in [1.807, 2.05) is 58.0 Å². The van der Waals surface area contributed by atoms with Gasteiger partial charge in [0.05, 0.1) is 65.4 Å². The molecule has 87 heavy (non-hydrogen) atoms. The molecule has 4 aliphatic heterocycles. The fraction of sp³-hybridized carbons (Fsp3) is 0.734. The van der Waals surface area contributed by atoms with Crippen molar-refractivity contribution in [2.45, 2.75) is 251 Å². The number of methoxy groups -OCH3 is 4. The molecule has 7 fully saturated rings. The molecule has 0 bridgehead atoms. The van der Waals surface area contributed by atoms with Gasteiger partial charge in [-0.3, -0.25) is 4.98 Å². The summed E-state index contributed by atoms with van der Waals surface area (Å²) in [6.07, 6.45) is -5.31. The van der Waals surface area contributed by atoms with Crippen LogP contribution in [0.4, 0.5) is 0 Å². The number of esters is 2. The minimum Gasteiger partial charge on any atom is -0.458 e. The Morgan fingerprint density at radius 2 is 1.25 bits per heavy atom. The fourth-order valence-electron chi connectivity index (χ4n) is 16.0. The van der Waals surface area contributed by atoms with Crippen molar-refractivity contribution in [3.8, 4) is 0 Å². The quantitative estimate of drug-likeness (QED) is 0.0691. The monoisotopic (exact) mass is 1230 g/mol. The summed E-state index contributed by atoms with van der Waals surface area (Å²) >= 11 is 0. The largest absolute Gasteiger partial charge is 0.458 e. The van der Waals surface area contributed by atoms with Crippen molar-refractivity contribution in [2.75, 3.05) is 28.4 Å². The Balaban J connectivity index is 0.787. The Kier molecular flexibility index (Phi) is 19.7. The number of ether oxygens (including phenoxy) is 14. The van der Waals surface area contributed by atoms with Crippen LogP contribution in [0.25, 0.3) is 6.08 Å². The summed E-state index contributed by atoms with van der Waals surface area (Å²) in [5.41, 5.74) is -10.0. The number of rotatable bonds is 18. The van der Waals surface area contributed by atoms with Crippen molar-refractivity contribution in [3.05, 3.63) is 84.2 Å². The molecule has 0 spiro atoms. The first-order chi connectivity index (χ1) is 41.3. The molecule has 0 amide bonds. The summed E-state index contributed by atoms with van der Waals surface area (Å²) in [6.45, 7) is 12.2. The van der Waals surface area contributed by atoms with E-state index in [2.05, 4.69) is 4.98 Å². The first-order valence-corrected chi connectivity index (χ1v) is 30.7. The van der Waals surface area contributed by atoms with E-state index in [-0.39, 0.29) is 44.1 Å². The van der Waals surface area contributed by atoms with Gasteiger partial charge in [0.1, 0.15) is 65.6 Å². The van der Waals surface area contributed by atoms with Crippen LogP contribution in [0.3, 0.4) is 0 Å². The van der Waals surface area contributed by atoms with E-state index in [1.165, 1.54) is 44.6 Å². The molecule has 23 heteroatoms. The average Bonchev–Trinajstić information content (AvgIpc) is 1.62. The Morgan fingerprint density at radius 3 is 1.82 bits per heavy atom. The number of aromatic nitrogens is 1. The minimum atomic E-state index is -2.19. The lowest BCUT2D eigenvalue weighted by Crippen LogP contribution is -2.80. The number of fused-ring (bicyclic) bond motifs is 5. The molecule has 6 N–H and O–H groups in total. The van der Waals surface area contributed by atoms with Crippen LogP contribution in [0.5, 0.6) is 0 Å². The van der Waals surface area contributed by atoms with Crippen LogP contribution in [0.2, 0.25) is 0 Å². The molecule has 0 unspecified atom stereocenters. The van der Waals surface area contributed by atoms with Crippen molar-refractivity contribution in [1.82, 2.24) is 4.98 Å². The lowest BCUT2D eigenvalue weighted by molar-refractivity contribution is -0.356. The van der Waals surface area contributed by atoms with Gasteiger partial charge in [-0.1, -0.05) is 56.3 Å². The molecule has 1 aromatic heterocycles. The van der Waals surface area contributed by atoms with Gasteiger partial charge in [-0.2, -0.15) is 0 Å². The van der Waals surface area contributed by atoms with E-state index >= 15 is 0 Å². The Bertz CT molecular complexity index is 2730. The number of benzene rings is 1. The van der Waals surface area contributed by atoms with Crippen molar-refractivity contribution in [1.29, 1.82) is 0 Å². The van der Waals surface area contributed by atoms with Gasteiger partial charge >= 0.3 is 11.9 Å². The first-order valence-electron chi connectivity index (χ1n) is 30.7. The van der Waals surface area contributed by atoms with E-state index < -0.39 is 174 Å². The van der Waals surface area contributed by atoms with Crippen LogP contribution in [0.1, 0.15) is 122 Å². The molecule has 5 heterocycles. The van der Waals surface area contributed by atoms with Gasteiger partial charge in [-0.15, -0.1) is 0 Å². The molecule has 8 aliphatic rings. The Hall–Kier alpha value is -3.93. The maximum atomic E-state index is 14.0. The highest BCUT2D eigenvalue weighted by Gasteiger charge is 2.82. The van der Waals surface area contributed by atoms with E-state index in [1.54, 1.807) is 53.4 Å². The number of hydrogen-bond acceptors (Lipinski definition) is 23. The number of carbonyl (C=O) groups excluding carboxylic acids is 2. The highest BCUT2D eigenvalue weighted by atomic mass is 16.8. The second kappa shape index (κ2) is 26.0. The second-order valence-electron chi connectivity index (χ2n) is 25.8. The molecule has 23 nitrogen and oxygen atoms in total. The van der Waals surface area contributed by atoms with Gasteiger partial charge < -0.3 is 97.0 Å².